The smallest absolute Gasteiger partial charge is 0.277 e. The van der Waals surface area contributed by atoms with Gasteiger partial charge in [-0.05, 0) is 44.0 Å². The van der Waals surface area contributed by atoms with Gasteiger partial charge in [0.1, 0.15) is 6.04 Å². The van der Waals surface area contributed by atoms with Crippen LogP contribution in [0.2, 0.25) is 0 Å². The van der Waals surface area contributed by atoms with Gasteiger partial charge in [0.2, 0.25) is 11.8 Å². The second kappa shape index (κ2) is 6.47. The minimum absolute atomic E-state index is 0.00800. The fourth-order valence-corrected chi connectivity index (χ4v) is 3.77. The van der Waals surface area contributed by atoms with Crippen LogP contribution in [0.1, 0.15) is 35.4 Å². The molecule has 1 aliphatic carbocycles. The zero-order chi connectivity index (χ0) is 20.1. The Labute approximate surface area is 165 Å². The molecule has 1 atom stereocenters. The first-order valence-electron chi connectivity index (χ1n) is 9.47. The van der Waals surface area contributed by atoms with Gasteiger partial charge in [-0.15, -0.1) is 5.10 Å². The van der Waals surface area contributed by atoms with Crippen LogP contribution >= 0.6 is 0 Å². The van der Waals surface area contributed by atoms with Crippen molar-refractivity contribution >= 4 is 28.6 Å². The van der Waals surface area contributed by atoms with Crippen LogP contribution in [-0.4, -0.2) is 54.7 Å². The van der Waals surface area contributed by atoms with E-state index in [0.717, 1.165) is 29.4 Å². The summed E-state index contributed by atoms with van der Waals surface area (Å²) >= 11 is 0. The molecule has 3 aromatic rings. The number of aromatic nitrogens is 4. The number of imide groups is 1. The highest BCUT2D eigenvalue weighted by atomic mass is 16.2. The van der Waals surface area contributed by atoms with E-state index in [1.54, 1.807) is 17.8 Å². The van der Waals surface area contributed by atoms with Crippen molar-refractivity contribution in [3.63, 3.8) is 0 Å². The van der Waals surface area contributed by atoms with E-state index < -0.39 is 11.9 Å². The predicted octanol–water partition coefficient (Wildman–Crippen LogP) is 1.14. The zero-order valence-electron chi connectivity index (χ0n) is 15.7. The zero-order valence-corrected chi connectivity index (χ0v) is 15.7. The van der Waals surface area contributed by atoms with Crippen LogP contribution < -0.4 is 5.32 Å². The summed E-state index contributed by atoms with van der Waals surface area (Å²) in [5.41, 5.74) is 2.40. The van der Waals surface area contributed by atoms with Gasteiger partial charge in [-0.3, -0.25) is 24.7 Å². The van der Waals surface area contributed by atoms with Gasteiger partial charge in [-0.25, -0.2) is 4.68 Å². The van der Waals surface area contributed by atoms with Crippen molar-refractivity contribution in [2.75, 3.05) is 0 Å². The maximum absolute atomic E-state index is 13.3. The van der Waals surface area contributed by atoms with E-state index in [4.69, 9.17) is 0 Å². The molecule has 0 unspecified atom stereocenters. The Morgan fingerprint density at radius 3 is 2.79 bits per heavy atom. The van der Waals surface area contributed by atoms with Gasteiger partial charge in [0.25, 0.3) is 5.91 Å². The topological polar surface area (TPSA) is 110 Å². The molecule has 1 aliphatic heterocycles. The van der Waals surface area contributed by atoms with E-state index in [1.807, 2.05) is 30.3 Å². The maximum Gasteiger partial charge on any atom is 0.277 e. The second-order valence-corrected chi connectivity index (χ2v) is 7.39. The fourth-order valence-electron chi connectivity index (χ4n) is 3.77. The third kappa shape index (κ3) is 2.95. The molecule has 1 N–H and O–H groups in total. The molecule has 1 saturated carbocycles. The highest BCUT2D eigenvalue weighted by Gasteiger charge is 2.45. The highest BCUT2D eigenvalue weighted by Crippen LogP contribution is 2.32. The van der Waals surface area contributed by atoms with Crippen molar-refractivity contribution in [3.8, 4) is 5.69 Å². The summed E-state index contributed by atoms with van der Waals surface area (Å²) < 4.78 is 1.60. The predicted molar refractivity (Wildman–Crippen MR) is 102 cm³/mol. The molecule has 29 heavy (non-hydrogen) atoms. The minimum Gasteiger partial charge on any atom is -0.322 e. The lowest BCUT2D eigenvalue weighted by atomic mass is 10.1. The average Bonchev–Trinajstić information content (AvgIpc) is 3.39. The van der Waals surface area contributed by atoms with Crippen molar-refractivity contribution in [2.45, 2.75) is 38.3 Å². The number of pyridine rings is 1. The average molecular weight is 390 g/mol. The van der Waals surface area contributed by atoms with E-state index in [9.17, 15) is 14.4 Å². The molecule has 146 valence electrons. The van der Waals surface area contributed by atoms with E-state index in [-0.39, 0.29) is 30.0 Å². The van der Waals surface area contributed by atoms with Crippen LogP contribution in [0.3, 0.4) is 0 Å². The van der Waals surface area contributed by atoms with E-state index in [1.165, 1.54) is 4.90 Å². The van der Waals surface area contributed by atoms with Gasteiger partial charge in [0, 0.05) is 17.6 Å². The molecule has 9 heteroatoms. The van der Waals surface area contributed by atoms with Crippen LogP contribution in [0.4, 0.5) is 0 Å². The number of carbonyl (C=O) groups excluding carboxylic acids is 3. The number of carbonyl (C=O) groups is 3. The molecule has 2 aromatic heterocycles. The van der Waals surface area contributed by atoms with Gasteiger partial charge in [-0.1, -0.05) is 11.3 Å². The third-order valence-corrected chi connectivity index (χ3v) is 5.38. The molecule has 2 fully saturated rings. The quantitative estimate of drug-likeness (QED) is 0.669. The normalized spacial score (nSPS) is 18.9. The molecular formula is C20H18N6O3. The molecule has 0 spiro atoms. The van der Waals surface area contributed by atoms with Crippen molar-refractivity contribution < 1.29 is 14.4 Å². The molecule has 9 nitrogen and oxygen atoms in total. The summed E-state index contributed by atoms with van der Waals surface area (Å²) in [6.07, 6.45) is 3.35. The van der Waals surface area contributed by atoms with Crippen LogP contribution in [0.5, 0.6) is 0 Å². The molecule has 0 bridgehead atoms. The van der Waals surface area contributed by atoms with Crippen LogP contribution in [0, 0.1) is 6.92 Å². The second-order valence-electron chi connectivity index (χ2n) is 7.39. The first-order valence-corrected chi connectivity index (χ1v) is 9.47. The van der Waals surface area contributed by atoms with Gasteiger partial charge in [-0.2, -0.15) is 0 Å². The number of nitrogens with one attached hydrogen (secondary N) is 1. The molecule has 5 rings (SSSR count). The number of amides is 3. The third-order valence-electron chi connectivity index (χ3n) is 5.38. The fraction of sp³-hybridized carbons (Fsp3) is 0.300. The Hall–Kier alpha value is -3.62. The monoisotopic (exact) mass is 390 g/mol. The van der Waals surface area contributed by atoms with Crippen LogP contribution in [0.25, 0.3) is 16.6 Å². The first kappa shape index (κ1) is 17.5. The summed E-state index contributed by atoms with van der Waals surface area (Å²) in [6.45, 7) is 1.77. The molecule has 2 aliphatic rings. The minimum atomic E-state index is -0.779. The molecule has 3 amide bonds. The molecule has 1 aromatic carbocycles. The lowest BCUT2D eigenvalue weighted by Gasteiger charge is -2.26. The number of fused-ring (bicyclic) bond motifs is 1. The molecular weight excluding hydrogens is 372 g/mol. The Morgan fingerprint density at radius 2 is 2.07 bits per heavy atom. The van der Waals surface area contributed by atoms with Gasteiger partial charge in [0.05, 0.1) is 23.3 Å². The lowest BCUT2D eigenvalue weighted by Crippen LogP contribution is -2.46. The molecule has 0 radical (unpaired) electrons. The van der Waals surface area contributed by atoms with Crippen molar-refractivity contribution in [1.29, 1.82) is 0 Å². The number of benzene rings is 1. The van der Waals surface area contributed by atoms with E-state index in [2.05, 4.69) is 20.6 Å². The highest BCUT2D eigenvalue weighted by molar-refractivity contribution is 6.08. The number of rotatable bonds is 4. The van der Waals surface area contributed by atoms with Gasteiger partial charge in [0.15, 0.2) is 5.69 Å². The maximum atomic E-state index is 13.3. The largest absolute Gasteiger partial charge is 0.322 e. The Bertz CT molecular complexity index is 1170. The first-order chi connectivity index (χ1) is 14.0. The van der Waals surface area contributed by atoms with Crippen LogP contribution in [0.15, 0.2) is 36.5 Å². The summed E-state index contributed by atoms with van der Waals surface area (Å²) in [4.78, 5) is 42.8. The van der Waals surface area contributed by atoms with E-state index in [0.29, 0.717) is 5.69 Å². The Kier molecular flexibility index (Phi) is 3.90. The number of hydrogen-bond donors (Lipinski definition) is 1. The summed E-state index contributed by atoms with van der Waals surface area (Å²) in [7, 11) is 0. The Balaban J connectivity index is 1.50. The SMILES string of the molecule is Cc1c(C(=O)N(C2CC2)[C@@H]2CC(=O)NC2=O)nnn1-c1ccc2ncccc2c1. The summed E-state index contributed by atoms with van der Waals surface area (Å²) in [5, 5.41) is 11.5. The molecule has 3 heterocycles. The standard InChI is InChI=1S/C20H18N6O3/c1-11-18(20(29)25(13-4-5-13)16-10-17(27)22-19(16)28)23-24-26(11)14-6-7-15-12(9-14)3-2-8-21-15/h2-3,6-9,13,16H,4-5,10H2,1H3,(H,22,27,28)/t16-/m1/s1. The van der Waals surface area contributed by atoms with Crippen molar-refractivity contribution in [2.24, 2.45) is 0 Å². The van der Waals surface area contributed by atoms with Gasteiger partial charge < -0.3 is 4.90 Å². The number of hydrogen-bond acceptors (Lipinski definition) is 6. The molecule has 1 saturated heterocycles. The summed E-state index contributed by atoms with van der Waals surface area (Å²) in [6, 6.07) is 8.68. The van der Waals surface area contributed by atoms with Crippen molar-refractivity contribution in [1.82, 2.24) is 30.2 Å². The Morgan fingerprint density at radius 1 is 1.24 bits per heavy atom. The lowest BCUT2D eigenvalue weighted by molar-refractivity contribution is -0.126. The summed E-state index contributed by atoms with van der Waals surface area (Å²) in [5.74, 6) is -1.15. The van der Waals surface area contributed by atoms with Gasteiger partial charge >= 0.3 is 0 Å². The van der Waals surface area contributed by atoms with Crippen LogP contribution in [-0.2, 0) is 9.59 Å². The van der Waals surface area contributed by atoms with Crippen molar-refractivity contribution in [3.05, 3.63) is 47.9 Å². The number of nitrogens with zero attached hydrogens (tertiary/aromatic N) is 5. The van der Waals surface area contributed by atoms with E-state index >= 15 is 0 Å².